The topological polar surface area (TPSA) is 331 Å². The second kappa shape index (κ2) is 46.5. The molecule has 11 N–H and O–H groups in total. The summed E-state index contributed by atoms with van der Waals surface area (Å²) in [7, 11) is -4.31. The van der Waals surface area contributed by atoms with Crippen LogP contribution in [0.15, 0.2) is 218 Å². The first-order valence-electron chi connectivity index (χ1n) is 50.5. The lowest BCUT2D eigenvalue weighted by Gasteiger charge is -2.28. The van der Waals surface area contributed by atoms with Crippen LogP contribution in [0.4, 0.5) is 34.1 Å². The summed E-state index contributed by atoms with van der Waals surface area (Å²) in [5, 5.41) is 72.8. The van der Waals surface area contributed by atoms with Crippen LogP contribution in [-0.2, 0) is 116 Å². The maximum absolute atomic E-state index is 13.5. The summed E-state index contributed by atoms with van der Waals surface area (Å²) in [5.74, 6) is 2.50. The first kappa shape index (κ1) is 115. The Bertz CT molecular complexity index is 6080. The van der Waals surface area contributed by atoms with Gasteiger partial charge in [-0.3, -0.25) is 28.8 Å². The Morgan fingerprint density at radius 3 is 0.490 bits per heavy atom. The number of carbonyl (C=O) groups is 6. The quantitative estimate of drug-likeness (QED) is 0.0186. The molecule has 6 amide bonds. The van der Waals surface area contributed by atoms with Crippen LogP contribution < -0.4 is 59.0 Å². The van der Waals surface area contributed by atoms with Crippen LogP contribution in [0.1, 0.15) is 293 Å². The van der Waals surface area contributed by atoms with Crippen molar-refractivity contribution in [1.82, 2.24) is 0 Å². The molecule has 12 aromatic rings. The monoisotopic (exact) mass is 2060 g/mol. The molecule has 0 saturated heterocycles. The molecule has 0 bridgehead atoms. The number of anilines is 6. The summed E-state index contributed by atoms with van der Waals surface area (Å²) in [6.07, 6.45) is 0.794. The Morgan fingerprint density at radius 2 is 0.336 bits per heavy atom. The maximum Gasteiger partial charge on any atom is 0.530 e. The van der Waals surface area contributed by atoms with Gasteiger partial charge in [-0.2, -0.15) is 0 Å². The van der Waals surface area contributed by atoms with Crippen LogP contribution in [-0.4, -0.2) is 61.0 Å². The van der Waals surface area contributed by atoms with E-state index >= 15 is 0 Å². The smallest absolute Gasteiger partial charge is 0.507 e. The van der Waals surface area contributed by atoms with E-state index in [9.17, 15) is 54.3 Å². The summed E-state index contributed by atoms with van der Waals surface area (Å²) < 4.78 is 38.0. The Kier molecular flexibility index (Phi) is 36.0. The molecule has 0 aliphatic heterocycles. The third kappa shape index (κ3) is 32.6. The van der Waals surface area contributed by atoms with E-state index in [0.29, 0.717) is 79.7 Å². The number of rotatable bonds is 30. The number of phenols is 5. The second-order valence-electron chi connectivity index (χ2n) is 48.1. The molecule has 0 atom stereocenters. The number of hydrogen-bond acceptors (Lipinski definition) is 17. The van der Waals surface area contributed by atoms with Gasteiger partial charge < -0.3 is 84.6 Å². The minimum atomic E-state index is -2.18. The van der Waals surface area contributed by atoms with Gasteiger partial charge in [0, 0.05) is 34.1 Å². The third-order valence-corrected chi connectivity index (χ3v) is 27.5. The highest BCUT2D eigenvalue weighted by molar-refractivity contribution is 7.43. The van der Waals surface area contributed by atoms with Crippen molar-refractivity contribution in [2.24, 2.45) is 0 Å². The summed E-state index contributed by atoms with van der Waals surface area (Å²) in [6.45, 7) is 63.2. The minimum Gasteiger partial charge on any atom is -0.507 e. The molecule has 0 heterocycles. The van der Waals surface area contributed by atoms with E-state index < -0.39 is 17.2 Å². The van der Waals surface area contributed by atoms with Crippen LogP contribution in [0.2, 0.25) is 0 Å². The normalized spacial score (nSPS) is 12.2. The molecule has 0 aliphatic rings. The van der Waals surface area contributed by atoms with Gasteiger partial charge in [0.25, 0.3) is 0 Å². The fourth-order valence-corrected chi connectivity index (χ4v) is 19.2. The highest BCUT2D eigenvalue weighted by atomic mass is 31.2. The standard InChI is InChI=1S/C66H84N3O9P.C58H68N3O8P/c1-61(2,3)49-31-40(32-50(58(49)73)62(4,5)6)37-55(70)67-43-19-25-46(26-20-43)76-79(77-47-27-21-44(22-28-47)68-56(71)38-41-33-51(63(7,8)9)59(74)52(34-41)64(10,11)12)78-48-29-23-45(24-30-48)69-57(72)39-42-35-53(65(13,14)15)60(75)54(36-42)66(16,17)18;1-35-26-39(29-48(38(35)4)56(5,6)7)32-51(62)59-42-14-20-45(21-15-42)67-70(68-46-22-16-43(17-23-46)60-52(63)33-40-27-36(2)54(65)49(30-40)57(8,9)10)69-47-24-18-44(19-25-47)61-53(64)34-41-28-37(3)55(66)50(31-41)58(11,12)13/h19-36,73-75H,37-39H2,1-18H3,(H,67,70)(H,68,71)(H,69,72);14-31,65-66H,32-34H2,1-13H3,(H,59,62)(H,60,63)(H,61,64). The van der Waals surface area contributed by atoms with E-state index in [0.717, 1.165) is 83.5 Å². The van der Waals surface area contributed by atoms with E-state index in [-0.39, 0.29) is 151 Å². The lowest BCUT2D eigenvalue weighted by atomic mass is 9.78. The predicted molar refractivity (Wildman–Crippen MR) is 604 cm³/mol. The molecule has 25 heteroatoms. The third-order valence-electron chi connectivity index (χ3n) is 25.3. The van der Waals surface area contributed by atoms with Crippen molar-refractivity contribution in [2.45, 2.75) is 302 Å². The molecule has 0 aromatic heterocycles. The van der Waals surface area contributed by atoms with E-state index in [4.69, 9.17) is 27.1 Å². The van der Waals surface area contributed by atoms with Crippen LogP contribution in [0, 0.1) is 27.7 Å². The number of carbonyl (C=O) groups excluding carboxylic acids is 6. The number of nitrogens with one attached hydrogen (secondary N) is 6. The van der Waals surface area contributed by atoms with Crippen LogP contribution in [0.25, 0.3) is 0 Å². The zero-order chi connectivity index (χ0) is 110. The van der Waals surface area contributed by atoms with Crippen molar-refractivity contribution in [3.63, 3.8) is 0 Å². The fraction of sp³-hybridized carbons (Fsp3) is 0.371. The molecule has 149 heavy (non-hydrogen) atoms. The Balaban J connectivity index is 0.000000285. The van der Waals surface area contributed by atoms with Crippen molar-refractivity contribution in [1.29, 1.82) is 0 Å². The first-order valence-corrected chi connectivity index (χ1v) is 52.7. The molecular weight excluding hydrogens is 1910 g/mol. The summed E-state index contributed by atoms with van der Waals surface area (Å²) in [6, 6.07) is 64.3. The first-order chi connectivity index (χ1) is 69.1. The zero-order valence-corrected chi connectivity index (χ0v) is 94.3. The molecule has 0 radical (unpaired) electrons. The summed E-state index contributed by atoms with van der Waals surface area (Å²) >= 11 is 0. The van der Waals surface area contributed by atoms with Crippen LogP contribution in [0.3, 0.4) is 0 Å². The lowest BCUT2D eigenvalue weighted by molar-refractivity contribution is -0.116. The number of hydrogen-bond donors (Lipinski definition) is 11. The van der Waals surface area contributed by atoms with Crippen molar-refractivity contribution < 1.29 is 81.4 Å². The Hall–Kier alpha value is -13.9. The molecule has 12 aromatic carbocycles. The molecule has 23 nitrogen and oxygen atoms in total. The van der Waals surface area contributed by atoms with Gasteiger partial charge >= 0.3 is 17.2 Å². The lowest BCUT2D eigenvalue weighted by Crippen LogP contribution is -2.20. The predicted octanol–water partition coefficient (Wildman–Crippen LogP) is 29.4. The van der Waals surface area contributed by atoms with E-state index in [1.807, 2.05) is 241 Å². The number of amides is 6. The number of phenolic OH excluding ortho intramolecular Hbond substituents is 5. The van der Waals surface area contributed by atoms with Crippen LogP contribution in [0.5, 0.6) is 63.2 Å². The SMILES string of the molecule is CC(C)(C)c1cc(CC(=O)Nc2ccc(OP(Oc3ccc(NC(=O)Cc4cc(C(C)(C)C)c(O)c(C(C)(C)C)c4)cc3)Oc3ccc(NC(=O)Cc4cc(C(C)(C)C)c(O)c(C(C)(C)C)c4)cc3)cc2)cc(C(C)(C)C)c1O.Cc1cc(CC(=O)Nc2ccc(OP(Oc3ccc(NC(=O)Cc4cc(C)c(O)c(C(C)(C)C)c4)cc3)Oc3ccc(NC(=O)Cc4cc(C)c(O)c(C(C)(C)C)c4)cc3)cc2)cc(C(C)(C)C)c1C. The van der Waals surface area contributed by atoms with E-state index in [1.165, 1.54) is 11.1 Å². The van der Waals surface area contributed by atoms with E-state index in [1.54, 1.807) is 146 Å². The number of aryl methyl sites for hydroxylation is 3. The minimum absolute atomic E-state index is 0.0500. The van der Waals surface area contributed by atoms with Gasteiger partial charge in [0.1, 0.15) is 63.2 Å². The van der Waals surface area contributed by atoms with Crippen molar-refractivity contribution in [3.8, 4) is 63.2 Å². The molecular formula is C124H152N6O17P2. The van der Waals surface area contributed by atoms with Gasteiger partial charge in [-0.05, 0) is 328 Å². The van der Waals surface area contributed by atoms with Crippen molar-refractivity contribution >= 4 is 86.8 Å². The van der Waals surface area contributed by atoms with Gasteiger partial charge in [0.15, 0.2) is 0 Å². The van der Waals surface area contributed by atoms with Crippen molar-refractivity contribution in [3.05, 3.63) is 324 Å². The van der Waals surface area contributed by atoms with Gasteiger partial charge in [-0.15, -0.1) is 0 Å². The van der Waals surface area contributed by atoms with Gasteiger partial charge in [-0.1, -0.05) is 260 Å². The van der Waals surface area contributed by atoms with Gasteiger partial charge in [-0.25, -0.2) is 0 Å². The number of aromatic hydroxyl groups is 5. The van der Waals surface area contributed by atoms with Gasteiger partial charge in [0.05, 0.1) is 38.5 Å². The van der Waals surface area contributed by atoms with Crippen molar-refractivity contribution in [2.75, 3.05) is 31.9 Å². The largest absolute Gasteiger partial charge is 0.530 e. The number of benzene rings is 12. The molecule has 0 saturated carbocycles. The zero-order valence-electron chi connectivity index (χ0n) is 92.6. The Morgan fingerprint density at radius 1 is 0.201 bits per heavy atom. The summed E-state index contributed by atoms with van der Waals surface area (Å²) in [5.41, 5.74) is 17.0. The average molecular weight is 2060 g/mol. The second-order valence-corrected chi connectivity index (χ2v) is 50.1. The Labute approximate surface area is 883 Å². The molecule has 12 rings (SSSR count). The van der Waals surface area contributed by atoms with Gasteiger partial charge in [0.2, 0.25) is 35.4 Å². The fourth-order valence-electron chi connectivity index (χ4n) is 17.3. The highest BCUT2D eigenvalue weighted by Crippen LogP contribution is 2.49. The average Bonchev–Trinajstić information content (AvgIpc) is 0.776. The maximum atomic E-state index is 13.5. The molecule has 0 fully saturated rings. The molecule has 0 unspecified atom stereocenters. The molecule has 0 aliphatic carbocycles. The highest BCUT2D eigenvalue weighted by Gasteiger charge is 2.34. The van der Waals surface area contributed by atoms with Crippen LogP contribution >= 0.6 is 17.2 Å². The van der Waals surface area contributed by atoms with E-state index in [2.05, 4.69) is 78.7 Å². The molecule has 0 spiro atoms. The summed E-state index contributed by atoms with van der Waals surface area (Å²) in [4.78, 5) is 80.0. The molecule has 790 valence electrons.